The average Bonchev–Trinajstić information content (AvgIpc) is 2.21. The van der Waals surface area contributed by atoms with E-state index in [1.807, 2.05) is 0 Å². The lowest BCUT2D eigenvalue weighted by molar-refractivity contribution is -0.139. The molecular formula is C13H15F4N. The average molecular weight is 261 g/mol. The van der Waals surface area contributed by atoms with Crippen molar-refractivity contribution in [3.8, 4) is 0 Å². The van der Waals surface area contributed by atoms with Crippen LogP contribution in [0.2, 0.25) is 0 Å². The van der Waals surface area contributed by atoms with E-state index in [4.69, 9.17) is 5.73 Å². The zero-order chi connectivity index (χ0) is 13.4. The van der Waals surface area contributed by atoms with Gasteiger partial charge in [-0.05, 0) is 55.0 Å². The van der Waals surface area contributed by atoms with Gasteiger partial charge in [-0.15, -0.1) is 0 Å². The van der Waals surface area contributed by atoms with E-state index in [1.165, 1.54) is 0 Å². The van der Waals surface area contributed by atoms with E-state index in [0.29, 0.717) is 25.8 Å². The fourth-order valence-electron chi connectivity index (χ4n) is 2.74. The molecule has 0 unspecified atom stereocenters. The molecule has 0 radical (unpaired) electrons. The van der Waals surface area contributed by atoms with Gasteiger partial charge in [0.05, 0.1) is 5.56 Å². The first kappa shape index (κ1) is 13.3. The van der Waals surface area contributed by atoms with Gasteiger partial charge < -0.3 is 5.73 Å². The van der Waals surface area contributed by atoms with Gasteiger partial charge in [0.15, 0.2) is 0 Å². The Labute approximate surface area is 103 Å². The summed E-state index contributed by atoms with van der Waals surface area (Å²) in [5, 5.41) is 0. The monoisotopic (exact) mass is 261 g/mol. The van der Waals surface area contributed by atoms with Crippen LogP contribution in [0, 0.1) is 5.82 Å². The van der Waals surface area contributed by atoms with Crippen molar-refractivity contribution in [1.29, 1.82) is 0 Å². The third-order valence-electron chi connectivity index (χ3n) is 3.79. The number of halogens is 4. The molecular weight excluding hydrogens is 246 g/mol. The second-order valence-electron chi connectivity index (χ2n) is 4.86. The predicted molar refractivity (Wildman–Crippen MR) is 60.6 cm³/mol. The van der Waals surface area contributed by atoms with Crippen molar-refractivity contribution in [3.05, 3.63) is 35.1 Å². The van der Waals surface area contributed by atoms with Gasteiger partial charge in [0.25, 0.3) is 0 Å². The number of rotatable bonds is 3. The van der Waals surface area contributed by atoms with Gasteiger partial charge in [-0.2, -0.15) is 13.2 Å². The Bertz CT molecular complexity index is 435. The van der Waals surface area contributed by atoms with Crippen LogP contribution < -0.4 is 5.73 Å². The Hall–Kier alpha value is -1.10. The molecule has 0 heterocycles. The van der Waals surface area contributed by atoms with Crippen LogP contribution >= 0.6 is 0 Å². The van der Waals surface area contributed by atoms with E-state index < -0.39 is 23.0 Å². The largest absolute Gasteiger partial charge is 0.416 e. The maximum absolute atomic E-state index is 13.3. The van der Waals surface area contributed by atoms with Crippen molar-refractivity contribution in [3.63, 3.8) is 0 Å². The highest BCUT2D eigenvalue weighted by Crippen LogP contribution is 2.50. The van der Waals surface area contributed by atoms with Gasteiger partial charge in [0.1, 0.15) is 5.82 Å². The lowest BCUT2D eigenvalue weighted by Crippen LogP contribution is -2.38. The summed E-state index contributed by atoms with van der Waals surface area (Å²) in [6.07, 6.45) is -1.80. The molecule has 0 spiro atoms. The fraction of sp³-hybridized carbons (Fsp3) is 0.538. The van der Waals surface area contributed by atoms with Crippen LogP contribution in [-0.4, -0.2) is 6.54 Å². The second-order valence-corrected chi connectivity index (χ2v) is 4.86. The molecule has 1 saturated carbocycles. The zero-order valence-corrected chi connectivity index (χ0v) is 9.86. The minimum absolute atomic E-state index is 0.0756. The van der Waals surface area contributed by atoms with Crippen molar-refractivity contribution in [2.24, 2.45) is 5.73 Å². The summed E-state index contributed by atoms with van der Waals surface area (Å²) in [6.45, 7) is 0.313. The van der Waals surface area contributed by atoms with Gasteiger partial charge >= 0.3 is 6.18 Å². The molecule has 1 aromatic carbocycles. The molecule has 0 aromatic heterocycles. The summed E-state index contributed by atoms with van der Waals surface area (Å²) in [5.41, 5.74) is 4.25. The summed E-state index contributed by atoms with van der Waals surface area (Å²) >= 11 is 0. The van der Waals surface area contributed by atoms with E-state index in [0.717, 1.165) is 24.6 Å². The fourth-order valence-corrected chi connectivity index (χ4v) is 2.74. The first-order chi connectivity index (χ1) is 8.39. The normalized spacial score (nSPS) is 18.5. The highest BCUT2D eigenvalue weighted by Gasteiger charge is 2.44. The van der Waals surface area contributed by atoms with E-state index in [1.54, 1.807) is 0 Å². The highest BCUT2D eigenvalue weighted by atomic mass is 19.4. The van der Waals surface area contributed by atoms with Crippen molar-refractivity contribution in [1.82, 2.24) is 0 Å². The SMILES string of the molecule is NCCC1(c2cc(F)ccc2C(F)(F)F)CCC1. The lowest BCUT2D eigenvalue weighted by Gasteiger charge is -2.43. The van der Waals surface area contributed by atoms with E-state index in [9.17, 15) is 17.6 Å². The Morgan fingerprint density at radius 1 is 1.22 bits per heavy atom. The first-order valence-corrected chi connectivity index (χ1v) is 5.96. The van der Waals surface area contributed by atoms with Crippen LogP contribution in [0.4, 0.5) is 17.6 Å². The number of alkyl halides is 3. The van der Waals surface area contributed by atoms with Crippen molar-refractivity contribution in [2.45, 2.75) is 37.3 Å². The maximum atomic E-state index is 13.3. The van der Waals surface area contributed by atoms with Gasteiger partial charge in [-0.1, -0.05) is 6.42 Å². The molecule has 0 atom stereocenters. The van der Waals surface area contributed by atoms with Crippen molar-refractivity contribution in [2.75, 3.05) is 6.54 Å². The summed E-state index contributed by atoms with van der Waals surface area (Å²) < 4.78 is 52.1. The Balaban J connectivity index is 2.51. The molecule has 0 bridgehead atoms. The third-order valence-corrected chi connectivity index (χ3v) is 3.79. The first-order valence-electron chi connectivity index (χ1n) is 5.96. The van der Waals surface area contributed by atoms with Crippen LogP contribution in [0.15, 0.2) is 18.2 Å². The summed E-state index contributed by atoms with van der Waals surface area (Å²) in [7, 11) is 0. The van der Waals surface area contributed by atoms with Crippen LogP contribution in [0.3, 0.4) is 0 Å². The topological polar surface area (TPSA) is 26.0 Å². The zero-order valence-electron chi connectivity index (χ0n) is 9.86. The molecule has 1 aliphatic rings. The standard InChI is InChI=1S/C13H15F4N/c14-9-2-3-10(13(15,16)17)11(8-9)12(6-7-18)4-1-5-12/h2-3,8H,1,4-7,18H2. The molecule has 1 aliphatic carbocycles. The minimum atomic E-state index is -4.44. The molecule has 2 N–H and O–H groups in total. The molecule has 0 saturated heterocycles. The molecule has 5 heteroatoms. The Morgan fingerprint density at radius 2 is 1.89 bits per heavy atom. The Morgan fingerprint density at radius 3 is 2.33 bits per heavy atom. The second kappa shape index (κ2) is 4.53. The van der Waals surface area contributed by atoms with E-state index in [-0.39, 0.29) is 5.56 Å². The van der Waals surface area contributed by atoms with E-state index >= 15 is 0 Å². The molecule has 100 valence electrons. The van der Waals surface area contributed by atoms with Crippen molar-refractivity contribution >= 4 is 0 Å². The van der Waals surface area contributed by atoms with Crippen molar-refractivity contribution < 1.29 is 17.6 Å². The van der Waals surface area contributed by atoms with Gasteiger partial charge in [-0.3, -0.25) is 0 Å². The molecule has 0 aliphatic heterocycles. The van der Waals surface area contributed by atoms with Gasteiger partial charge in [-0.25, -0.2) is 4.39 Å². The van der Waals surface area contributed by atoms with Gasteiger partial charge in [0.2, 0.25) is 0 Å². The van der Waals surface area contributed by atoms with Gasteiger partial charge in [0, 0.05) is 0 Å². The van der Waals surface area contributed by atoms with Crippen LogP contribution in [0.25, 0.3) is 0 Å². The number of benzene rings is 1. The molecule has 1 fully saturated rings. The van der Waals surface area contributed by atoms with Crippen LogP contribution in [-0.2, 0) is 11.6 Å². The molecule has 0 amide bonds. The quantitative estimate of drug-likeness (QED) is 0.826. The molecule has 2 rings (SSSR count). The van der Waals surface area contributed by atoms with Crippen LogP contribution in [0.1, 0.15) is 36.8 Å². The minimum Gasteiger partial charge on any atom is -0.330 e. The molecule has 1 aromatic rings. The lowest BCUT2D eigenvalue weighted by atomic mass is 9.61. The van der Waals surface area contributed by atoms with Crippen LogP contribution in [0.5, 0.6) is 0 Å². The maximum Gasteiger partial charge on any atom is 0.416 e. The smallest absolute Gasteiger partial charge is 0.330 e. The molecule has 1 nitrogen and oxygen atoms in total. The predicted octanol–water partition coefficient (Wildman–Crippen LogP) is 3.62. The number of hydrogen-bond acceptors (Lipinski definition) is 1. The number of nitrogens with two attached hydrogens (primary N) is 1. The summed E-state index contributed by atoms with van der Waals surface area (Å²) in [4.78, 5) is 0. The summed E-state index contributed by atoms with van der Waals surface area (Å²) in [6, 6.07) is 2.72. The third kappa shape index (κ3) is 2.23. The molecule has 18 heavy (non-hydrogen) atoms. The Kier molecular flexibility index (Phi) is 3.36. The number of hydrogen-bond donors (Lipinski definition) is 1. The van der Waals surface area contributed by atoms with E-state index in [2.05, 4.69) is 0 Å². The summed E-state index contributed by atoms with van der Waals surface area (Å²) in [5.74, 6) is -0.624. The highest BCUT2D eigenvalue weighted by molar-refractivity contribution is 5.38.